The van der Waals surface area contributed by atoms with Crippen LogP contribution in [0.1, 0.15) is 17.3 Å². The fraction of sp³-hybridized carbons (Fsp3) is 0.385. The Morgan fingerprint density at radius 1 is 1.48 bits per heavy atom. The van der Waals surface area contributed by atoms with Gasteiger partial charge in [0.05, 0.1) is 21.4 Å². The van der Waals surface area contributed by atoms with Crippen molar-refractivity contribution in [2.24, 2.45) is 5.92 Å². The van der Waals surface area contributed by atoms with Gasteiger partial charge in [-0.15, -0.1) is 0 Å². The quantitative estimate of drug-likeness (QED) is 0.661. The molecule has 0 spiro atoms. The van der Waals surface area contributed by atoms with E-state index in [1.165, 1.54) is 24.1 Å². The number of nitrogens with one attached hydrogen (secondary N) is 1. The van der Waals surface area contributed by atoms with Gasteiger partial charge in [-0.2, -0.15) is 0 Å². The topological polar surface area (TPSA) is 92.6 Å². The van der Waals surface area contributed by atoms with E-state index in [2.05, 4.69) is 5.32 Å². The second kappa shape index (κ2) is 7.03. The second-order valence-electron chi connectivity index (χ2n) is 4.62. The molecule has 0 heterocycles. The number of carbonyl (C=O) groups excluding carboxylic acids is 2. The largest absolute Gasteiger partial charge is 0.359 e. The predicted molar refractivity (Wildman–Crippen MR) is 78.3 cm³/mol. The van der Waals surface area contributed by atoms with E-state index < -0.39 is 10.8 Å². The van der Waals surface area contributed by atoms with Crippen LogP contribution in [0, 0.1) is 16.0 Å². The molecule has 0 fully saturated rings. The molecule has 2 amide bonds. The monoisotopic (exact) mass is 313 g/mol. The first-order valence-corrected chi connectivity index (χ1v) is 6.56. The Kier molecular flexibility index (Phi) is 5.66. The lowest BCUT2D eigenvalue weighted by Gasteiger charge is -2.21. The molecule has 0 aromatic heterocycles. The maximum absolute atomic E-state index is 12.2. The van der Waals surface area contributed by atoms with Crippen LogP contribution in [0.4, 0.5) is 5.69 Å². The zero-order valence-electron chi connectivity index (χ0n) is 11.9. The van der Waals surface area contributed by atoms with Gasteiger partial charge in [0.25, 0.3) is 11.6 Å². The lowest BCUT2D eigenvalue weighted by Crippen LogP contribution is -2.37. The van der Waals surface area contributed by atoms with Crippen molar-refractivity contribution in [1.29, 1.82) is 0 Å². The maximum Gasteiger partial charge on any atom is 0.270 e. The summed E-state index contributed by atoms with van der Waals surface area (Å²) in [5.41, 5.74) is -0.0215. The van der Waals surface area contributed by atoms with E-state index in [0.717, 1.165) is 6.07 Å². The SMILES string of the molecule is CNC(=O)C(C)CN(C)C(=O)c1ccc([N+](=O)[O-])cc1Cl. The molecule has 0 aliphatic carbocycles. The van der Waals surface area contributed by atoms with Gasteiger partial charge in [-0.05, 0) is 6.07 Å². The summed E-state index contributed by atoms with van der Waals surface area (Å²) in [5, 5.41) is 13.1. The Labute approximate surface area is 127 Å². The number of nitrogens with zero attached hydrogens (tertiary/aromatic N) is 2. The van der Waals surface area contributed by atoms with E-state index in [-0.39, 0.29) is 34.6 Å². The van der Waals surface area contributed by atoms with Crippen LogP contribution in [-0.4, -0.2) is 42.3 Å². The molecule has 1 unspecified atom stereocenters. The summed E-state index contributed by atoms with van der Waals surface area (Å²) in [6.07, 6.45) is 0. The van der Waals surface area contributed by atoms with E-state index in [1.807, 2.05) is 0 Å². The first kappa shape index (κ1) is 16.9. The van der Waals surface area contributed by atoms with Gasteiger partial charge in [-0.1, -0.05) is 18.5 Å². The maximum atomic E-state index is 12.2. The van der Waals surface area contributed by atoms with Crippen LogP contribution in [0.3, 0.4) is 0 Å². The zero-order valence-corrected chi connectivity index (χ0v) is 12.7. The number of non-ortho nitro benzene ring substituents is 1. The van der Waals surface area contributed by atoms with Gasteiger partial charge in [0.15, 0.2) is 0 Å². The Hall–Kier alpha value is -2.15. The molecule has 0 radical (unpaired) electrons. The van der Waals surface area contributed by atoms with Crippen LogP contribution >= 0.6 is 11.6 Å². The number of rotatable bonds is 5. The van der Waals surface area contributed by atoms with Crippen molar-refractivity contribution in [2.75, 3.05) is 20.6 Å². The van der Waals surface area contributed by atoms with E-state index in [0.29, 0.717) is 0 Å². The van der Waals surface area contributed by atoms with E-state index >= 15 is 0 Å². The Morgan fingerprint density at radius 2 is 2.10 bits per heavy atom. The number of hydrogen-bond acceptors (Lipinski definition) is 4. The summed E-state index contributed by atoms with van der Waals surface area (Å²) in [6, 6.07) is 3.66. The first-order valence-electron chi connectivity index (χ1n) is 6.19. The van der Waals surface area contributed by atoms with Crippen LogP contribution in [0.5, 0.6) is 0 Å². The lowest BCUT2D eigenvalue weighted by molar-refractivity contribution is -0.384. The van der Waals surface area contributed by atoms with E-state index in [1.54, 1.807) is 14.0 Å². The highest BCUT2D eigenvalue weighted by molar-refractivity contribution is 6.34. The molecule has 1 N–H and O–H groups in total. The lowest BCUT2D eigenvalue weighted by atomic mass is 10.1. The summed E-state index contributed by atoms with van der Waals surface area (Å²) in [4.78, 5) is 35.1. The molecule has 0 aliphatic rings. The molecule has 1 aromatic carbocycles. The number of hydrogen-bond donors (Lipinski definition) is 1. The van der Waals surface area contributed by atoms with Crippen LogP contribution in [0.15, 0.2) is 18.2 Å². The third kappa shape index (κ3) is 4.16. The third-order valence-corrected chi connectivity index (χ3v) is 3.30. The standard InChI is InChI=1S/C13H16ClN3O4/c1-8(12(18)15-2)7-16(3)13(19)10-5-4-9(17(20)21)6-11(10)14/h4-6,8H,7H2,1-3H3,(H,15,18). The van der Waals surface area contributed by atoms with Gasteiger partial charge in [0.1, 0.15) is 0 Å². The van der Waals surface area contributed by atoms with Gasteiger partial charge < -0.3 is 10.2 Å². The molecule has 1 rings (SSSR count). The van der Waals surface area contributed by atoms with Crippen molar-refractivity contribution in [1.82, 2.24) is 10.2 Å². The smallest absolute Gasteiger partial charge is 0.270 e. The highest BCUT2D eigenvalue weighted by atomic mass is 35.5. The summed E-state index contributed by atoms with van der Waals surface area (Å²) in [5.74, 6) is -0.948. The molecular formula is C13H16ClN3O4. The second-order valence-corrected chi connectivity index (χ2v) is 5.03. The van der Waals surface area contributed by atoms with Crippen LogP contribution in [0.2, 0.25) is 5.02 Å². The summed E-state index contributed by atoms with van der Waals surface area (Å²) >= 11 is 5.91. The minimum Gasteiger partial charge on any atom is -0.359 e. The number of halogens is 1. The minimum absolute atomic E-state index is 0.00801. The minimum atomic E-state index is -0.586. The molecular weight excluding hydrogens is 298 g/mol. The van der Waals surface area contributed by atoms with Crippen molar-refractivity contribution in [3.8, 4) is 0 Å². The molecule has 1 atom stereocenters. The van der Waals surface area contributed by atoms with Crippen molar-refractivity contribution in [2.45, 2.75) is 6.92 Å². The van der Waals surface area contributed by atoms with Gasteiger partial charge in [0.2, 0.25) is 5.91 Å². The first-order chi connectivity index (χ1) is 9.77. The highest BCUT2D eigenvalue weighted by Crippen LogP contribution is 2.23. The van der Waals surface area contributed by atoms with Crippen molar-refractivity contribution >= 4 is 29.1 Å². The molecule has 21 heavy (non-hydrogen) atoms. The summed E-state index contributed by atoms with van der Waals surface area (Å²) in [7, 11) is 3.06. The number of carbonyl (C=O) groups is 2. The zero-order chi connectivity index (χ0) is 16.2. The molecule has 0 saturated carbocycles. The average molecular weight is 314 g/mol. The normalized spacial score (nSPS) is 11.6. The molecule has 1 aromatic rings. The number of benzene rings is 1. The third-order valence-electron chi connectivity index (χ3n) is 2.98. The van der Waals surface area contributed by atoms with Gasteiger partial charge in [0, 0.05) is 32.8 Å². The Balaban J connectivity index is 2.88. The molecule has 8 heteroatoms. The number of nitro benzene ring substituents is 1. The molecule has 0 aliphatic heterocycles. The number of nitro groups is 1. The average Bonchev–Trinajstić information content (AvgIpc) is 2.45. The molecule has 114 valence electrons. The van der Waals surface area contributed by atoms with Gasteiger partial charge in [-0.3, -0.25) is 19.7 Å². The molecule has 0 bridgehead atoms. The Bertz CT molecular complexity index is 577. The van der Waals surface area contributed by atoms with E-state index in [4.69, 9.17) is 11.6 Å². The highest BCUT2D eigenvalue weighted by Gasteiger charge is 2.21. The summed E-state index contributed by atoms with van der Waals surface area (Å²) < 4.78 is 0. The van der Waals surface area contributed by atoms with Gasteiger partial charge >= 0.3 is 0 Å². The predicted octanol–water partition coefficient (Wildman–Crippen LogP) is 1.70. The van der Waals surface area contributed by atoms with Gasteiger partial charge in [-0.25, -0.2) is 0 Å². The van der Waals surface area contributed by atoms with Crippen molar-refractivity contribution in [3.05, 3.63) is 38.9 Å². The summed E-state index contributed by atoms with van der Waals surface area (Å²) in [6.45, 7) is 1.91. The number of amides is 2. The van der Waals surface area contributed by atoms with Crippen LogP contribution < -0.4 is 5.32 Å². The van der Waals surface area contributed by atoms with Crippen molar-refractivity contribution in [3.63, 3.8) is 0 Å². The van der Waals surface area contributed by atoms with Crippen LogP contribution in [-0.2, 0) is 4.79 Å². The molecule has 0 saturated heterocycles. The van der Waals surface area contributed by atoms with Crippen LogP contribution in [0.25, 0.3) is 0 Å². The Morgan fingerprint density at radius 3 is 2.57 bits per heavy atom. The fourth-order valence-corrected chi connectivity index (χ4v) is 2.08. The fourth-order valence-electron chi connectivity index (χ4n) is 1.82. The van der Waals surface area contributed by atoms with Crippen molar-refractivity contribution < 1.29 is 14.5 Å². The van der Waals surface area contributed by atoms with E-state index in [9.17, 15) is 19.7 Å². The molecule has 7 nitrogen and oxygen atoms in total.